The zero-order valence-corrected chi connectivity index (χ0v) is 30.7. The number of hydrogen-bond donors (Lipinski definition) is 1. The van der Waals surface area contributed by atoms with Gasteiger partial charge in [-0.3, -0.25) is 0 Å². The molecule has 1 N–H and O–H groups in total. The average molecular weight is 647 g/mol. The lowest BCUT2D eigenvalue weighted by molar-refractivity contribution is 0.200. The number of aliphatic hydroxyl groups excluding tert-OH is 1. The molecule has 0 unspecified atom stereocenters. The zero-order chi connectivity index (χ0) is 32.8. The fourth-order valence-electron chi connectivity index (χ4n) is 5.21. The summed E-state index contributed by atoms with van der Waals surface area (Å²) in [4.78, 5) is 0. The first-order valence-electron chi connectivity index (χ1n) is 16.0. The van der Waals surface area contributed by atoms with Gasteiger partial charge in [0.2, 0.25) is 16.6 Å². The molecule has 0 bridgehead atoms. The summed E-state index contributed by atoms with van der Waals surface area (Å²) in [5.74, 6) is 3.97. The molecule has 3 aromatic carbocycles. The molecule has 2 aliphatic heterocycles. The van der Waals surface area contributed by atoms with Gasteiger partial charge < -0.3 is 28.2 Å². The number of hydrogen-bond acceptors (Lipinski definition) is 6. The summed E-state index contributed by atoms with van der Waals surface area (Å²) in [5, 5.41) is 9.51. The van der Waals surface area contributed by atoms with Gasteiger partial charge in [0.25, 0.3) is 0 Å². The molecule has 3 aromatic rings. The molecule has 0 aliphatic carbocycles. The van der Waals surface area contributed by atoms with Crippen molar-refractivity contribution in [1.29, 1.82) is 0 Å². The van der Waals surface area contributed by atoms with Crippen LogP contribution in [0.2, 0.25) is 36.3 Å². The Morgan fingerprint density at radius 3 is 1.96 bits per heavy atom. The molecule has 2 heterocycles. The molecule has 8 heteroatoms. The lowest BCUT2D eigenvalue weighted by atomic mass is 9.84. The molecule has 2 aliphatic rings. The van der Waals surface area contributed by atoms with Crippen molar-refractivity contribution in [2.75, 3.05) is 19.8 Å². The quantitative estimate of drug-likeness (QED) is 0.246. The summed E-state index contributed by atoms with van der Waals surface area (Å²) in [5.41, 5.74) is 5.33. The number of fused-ring (bicyclic) bond motifs is 4. The van der Waals surface area contributed by atoms with E-state index in [0.29, 0.717) is 12.4 Å². The zero-order valence-electron chi connectivity index (χ0n) is 28.7. The van der Waals surface area contributed by atoms with Gasteiger partial charge in [-0.1, -0.05) is 53.7 Å². The van der Waals surface area contributed by atoms with Crippen LogP contribution < -0.4 is 23.1 Å². The second-order valence-corrected chi connectivity index (χ2v) is 24.6. The van der Waals surface area contributed by atoms with E-state index in [9.17, 15) is 5.11 Å². The first-order valence-corrected chi connectivity index (χ1v) is 21.9. The molecule has 0 spiro atoms. The van der Waals surface area contributed by atoms with Crippen LogP contribution in [-0.4, -0.2) is 41.6 Å². The monoisotopic (exact) mass is 646 g/mol. The van der Waals surface area contributed by atoms with Crippen molar-refractivity contribution < 1.29 is 28.2 Å². The fraction of sp³-hybridized carbons (Fsp3) is 0.459. The Labute approximate surface area is 271 Å². The molecule has 0 saturated heterocycles. The lowest BCUT2D eigenvalue weighted by Crippen LogP contribution is -2.43. The Hall–Kier alpha value is -3.21. The van der Waals surface area contributed by atoms with Gasteiger partial charge in [0.05, 0.1) is 13.2 Å². The van der Waals surface area contributed by atoms with E-state index in [1.54, 1.807) is 0 Å². The summed E-state index contributed by atoms with van der Waals surface area (Å²) >= 11 is 0. The minimum absolute atomic E-state index is 0.0478. The molecule has 0 radical (unpaired) electrons. The predicted molar refractivity (Wildman–Crippen MR) is 188 cm³/mol. The Balaban J connectivity index is 1.63. The van der Waals surface area contributed by atoms with E-state index in [2.05, 4.69) is 110 Å². The highest BCUT2D eigenvalue weighted by atomic mass is 28.4. The SMILES string of the molecule is CC(C)(C)[Si](C)(C)Oc1ccc2c(c1)O[C@@H](c1cccc(OCCO)c1)C1=C2CCOc2cc(O[Si](C)(C)C(C)(C)C)ccc21. The van der Waals surface area contributed by atoms with E-state index in [4.69, 9.17) is 23.1 Å². The van der Waals surface area contributed by atoms with Crippen molar-refractivity contribution >= 4 is 27.8 Å². The number of ether oxygens (including phenoxy) is 3. The van der Waals surface area contributed by atoms with Crippen LogP contribution in [0.15, 0.2) is 60.7 Å². The normalized spacial score (nSPS) is 16.8. The largest absolute Gasteiger partial charge is 0.543 e. The first-order chi connectivity index (χ1) is 21.0. The topological polar surface area (TPSA) is 66.4 Å². The molecular formula is C37H50O6Si2. The van der Waals surface area contributed by atoms with Crippen LogP contribution in [0.1, 0.15) is 70.8 Å². The van der Waals surface area contributed by atoms with Crippen molar-refractivity contribution in [2.24, 2.45) is 0 Å². The van der Waals surface area contributed by atoms with Gasteiger partial charge in [-0.25, -0.2) is 0 Å². The number of benzene rings is 3. The molecule has 1 atom stereocenters. The highest BCUT2D eigenvalue weighted by Gasteiger charge is 2.41. The Bertz CT molecular complexity index is 1580. The molecular weight excluding hydrogens is 597 g/mol. The Morgan fingerprint density at radius 2 is 1.36 bits per heavy atom. The third-order valence-electron chi connectivity index (χ3n) is 9.84. The standard InChI is InChI=1S/C37H50O6Si2/c1-36(2,3)44(7,8)42-27-15-17-31-32(23-27)40-20-18-30-29-16-14-28(43-45(9,10)37(4,5)6)24-33(29)41-35(34(30)31)25-12-11-13-26(22-25)39-21-19-38/h11-17,22-24,35,38H,18-21H2,1-10H3/t35-/m0/s1. The van der Waals surface area contributed by atoms with Gasteiger partial charge in [0, 0.05) is 40.8 Å². The molecule has 0 aromatic heterocycles. The Morgan fingerprint density at radius 1 is 0.756 bits per heavy atom. The van der Waals surface area contributed by atoms with Crippen LogP contribution in [0, 0.1) is 0 Å². The van der Waals surface area contributed by atoms with Crippen LogP contribution in [0.3, 0.4) is 0 Å². The summed E-state index contributed by atoms with van der Waals surface area (Å²) in [6.07, 6.45) is 0.333. The van der Waals surface area contributed by atoms with Crippen LogP contribution >= 0.6 is 0 Å². The molecule has 5 rings (SSSR count). The minimum atomic E-state index is -2.05. The molecule has 0 fully saturated rings. The van der Waals surface area contributed by atoms with Crippen molar-refractivity contribution in [1.82, 2.24) is 0 Å². The third-order valence-corrected chi connectivity index (χ3v) is 18.6. The van der Waals surface area contributed by atoms with Crippen molar-refractivity contribution in [3.05, 3.63) is 77.4 Å². The van der Waals surface area contributed by atoms with Gasteiger partial charge in [-0.15, -0.1) is 0 Å². The molecule has 45 heavy (non-hydrogen) atoms. The van der Waals surface area contributed by atoms with E-state index < -0.39 is 22.7 Å². The summed E-state index contributed by atoms with van der Waals surface area (Å²) in [7, 11) is -4.09. The average Bonchev–Trinajstić information content (AvgIpc) is 3.13. The van der Waals surface area contributed by atoms with Crippen molar-refractivity contribution in [2.45, 2.75) is 90.3 Å². The Kier molecular flexibility index (Phi) is 8.98. The maximum Gasteiger partial charge on any atom is 0.250 e. The predicted octanol–water partition coefficient (Wildman–Crippen LogP) is 9.65. The summed E-state index contributed by atoms with van der Waals surface area (Å²) in [6.45, 7) is 23.3. The highest BCUT2D eigenvalue weighted by Crippen LogP contribution is 2.53. The maximum absolute atomic E-state index is 9.36. The van der Waals surface area contributed by atoms with Crippen LogP contribution in [0.4, 0.5) is 0 Å². The molecule has 242 valence electrons. The summed E-state index contributed by atoms with van der Waals surface area (Å²) < 4.78 is 32.6. The molecule has 0 saturated carbocycles. The fourth-order valence-corrected chi connectivity index (χ4v) is 7.25. The van der Waals surface area contributed by atoms with E-state index in [-0.39, 0.29) is 23.3 Å². The van der Waals surface area contributed by atoms with Crippen LogP contribution in [0.25, 0.3) is 11.1 Å². The minimum Gasteiger partial charge on any atom is -0.543 e. The third kappa shape index (κ3) is 6.83. The molecule has 0 amide bonds. The van der Waals surface area contributed by atoms with Gasteiger partial charge in [-0.05, 0) is 78.2 Å². The maximum atomic E-state index is 9.36. The van der Waals surface area contributed by atoms with Gasteiger partial charge in [0.15, 0.2) is 6.10 Å². The van der Waals surface area contributed by atoms with Gasteiger partial charge in [0.1, 0.15) is 35.4 Å². The van der Waals surface area contributed by atoms with Crippen molar-refractivity contribution in [3.63, 3.8) is 0 Å². The number of aliphatic hydroxyl groups is 1. The smallest absolute Gasteiger partial charge is 0.250 e. The van der Waals surface area contributed by atoms with E-state index in [1.165, 1.54) is 5.57 Å². The van der Waals surface area contributed by atoms with Crippen LogP contribution in [-0.2, 0) is 0 Å². The highest BCUT2D eigenvalue weighted by molar-refractivity contribution is 6.75. The van der Waals surface area contributed by atoms with E-state index >= 15 is 0 Å². The second kappa shape index (κ2) is 12.2. The second-order valence-electron chi connectivity index (χ2n) is 15.2. The van der Waals surface area contributed by atoms with E-state index in [1.807, 2.05) is 18.2 Å². The number of rotatable bonds is 8. The van der Waals surface area contributed by atoms with Crippen molar-refractivity contribution in [3.8, 4) is 28.7 Å². The van der Waals surface area contributed by atoms with Gasteiger partial charge >= 0.3 is 0 Å². The van der Waals surface area contributed by atoms with Crippen LogP contribution in [0.5, 0.6) is 28.7 Å². The van der Waals surface area contributed by atoms with E-state index in [0.717, 1.165) is 51.7 Å². The summed E-state index contributed by atoms with van der Waals surface area (Å²) in [6, 6.07) is 20.5. The van der Waals surface area contributed by atoms with Gasteiger partial charge in [-0.2, -0.15) is 0 Å². The lowest BCUT2D eigenvalue weighted by Gasteiger charge is -2.37. The first kappa shape index (κ1) is 33.2. The molecule has 6 nitrogen and oxygen atoms in total.